The molecule has 0 aliphatic heterocycles. The molecule has 2 aromatic heterocycles. The molecule has 0 spiro atoms. The summed E-state index contributed by atoms with van der Waals surface area (Å²) in [6.45, 7) is 2.13. The van der Waals surface area contributed by atoms with E-state index in [1.54, 1.807) is 0 Å². The maximum atomic E-state index is 12.0. The van der Waals surface area contributed by atoms with Crippen molar-refractivity contribution >= 4 is 34.1 Å². The highest BCUT2D eigenvalue weighted by Gasteiger charge is 2.11. The molecule has 0 bridgehead atoms. The number of rotatable bonds is 8. The Bertz CT molecular complexity index is 817. The normalized spacial score (nSPS) is 10.8. The Balaban J connectivity index is 1.49. The number of benzene rings is 1. The number of aromatic amines is 1. The molecule has 130 valence electrons. The molecule has 0 radical (unpaired) electrons. The van der Waals surface area contributed by atoms with Gasteiger partial charge in [-0.25, -0.2) is 4.98 Å². The predicted octanol–water partition coefficient (Wildman–Crippen LogP) is 3.40. The summed E-state index contributed by atoms with van der Waals surface area (Å²) in [6, 6.07) is 9.73. The van der Waals surface area contributed by atoms with Gasteiger partial charge in [0.25, 0.3) is 0 Å². The second-order valence-electron chi connectivity index (χ2n) is 5.27. The summed E-state index contributed by atoms with van der Waals surface area (Å²) in [6.07, 6.45) is 3.09. The minimum atomic E-state index is -0.144. The van der Waals surface area contributed by atoms with Crippen LogP contribution in [0.5, 0.6) is 0 Å². The Labute approximate surface area is 153 Å². The SMILES string of the molecule is CCCCc1nnc(NC(=O)CSc2n[nH]c(-c3ccccc3)n2)s1. The number of unbranched alkanes of at least 4 members (excludes halogenated alkanes) is 1. The summed E-state index contributed by atoms with van der Waals surface area (Å²) >= 11 is 2.70. The number of H-pyrrole nitrogens is 1. The van der Waals surface area contributed by atoms with Gasteiger partial charge in [0.2, 0.25) is 16.2 Å². The summed E-state index contributed by atoms with van der Waals surface area (Å²) in [5, 5.41) is 19.9. The molecule has 0 saturated heterocycles. The van der Waals surface area contributed by atoms with E-state index in [9.17, 15) is 4.79 Å². The molecule has 25 heavy (non-hydrogen) atoms. The number of nitrogens with zero attached hydrogens (tertiary/aromatic N) is 4. The fraction of sp³-hybridized carbons (Fsp3) is 0.312. The smallest absolute Gasteiger partial charge is 0.236 e. The molecular formula is C16H18N6OS2. The quantitative estimate of drug-likeness (QED) is 0.587. The highest BCUT2D eigenvalue weighted by atomic mass is 32.2. The van der Waals surface area contributed by atoms with Crippen LogP contribution < -0.4 is 5.32 Å². The highest BCUT2D eigenvalue weighted by molar-refractivity contribution is 7.99. The average Bonchev–Trinajstić information content (AvgIpc) is 3.28. The zero-order chi connectivity index (χ0) is 17.5. The van der Waals surface area contributed by atoms with E-state index < -0.39 is 0 Å². The lowest BCUT2D eigenvalue weighted by Crippen LogP contribution is -2.13. The topological polar surface area (TPSA) is 96.5 Å². The lowest BCUT2D eigenvalue weighted by Gasteiger charge is -1.98. The molecule has 2 heterocycles. The molecule has 0 atom stereocenters. The van der Waals surface area contributed by atoms with Gasteiger partial charge in [-0.05, 0) is 6.42 Å². The van der Waals surface area contributed by atoms with Gasteiger partial charge in [0.1, 0.15) is 5.01 Å². The first kappa shape index (κ1) is 17.6. The minimum Gasteiger partial charge on any atom is -0.300 e. The molecule has 9 heteroatoms. The zero-order valence-electron chi connectivity index (χ0n) is 13.7. The lowest BCUT2D eigenvalue weighted by molar-refractivity contribution is -0.113. The maximum Gasteiger partial charge on any atom is 0.236 e. The van der Waals surface area contributed by atoms with Gasteiger partial charge in [0, 0.05) is 12.0 Å². The summed E-state index contributed by atoms with van der Waals surface area (Å²) in [4.78, 5) is 16.4. The second kappa shape index (κ2) is 8.72. The molecule has 3 aromatic rings. The van der Waals surface area contributed by atoms with Crippen LogP contribution in [-0.4, -0.2) is 37.0 Å². The van der Waals surface area contributed by atoms with Crippen molar-refractivity contribution in [2.75, 3.05) is 11.1 Å². The van der Waals surface area contributed by atoms with E-state index in [1.807, 2.05) is 30.3 Å². The molecule has 2 N–H and O–H groups in total. The van der Waals surface area contributed by atoms with Crippen LogP contribution in [0, 0.1) is 0 Å². The molecule has 0 fully saturated rings. The zero-order valence-corrected chi connectivity index (χ0v) is 15.4. The number of amides is 1. The van der Waals surface area contributed by atoms with E-state index in [0.717, 1.165) is 29.8 Å². The molecule has 0 unspecified atom stereocenters. The first-order valence-corrected chi connectivity index (χ1v) is 9.77. The molecule has 1 aromatic carbocycles. The standard InChI is InChI=1S/C16H18N6OS2/c1-2-3-9-13-19-22-16(25-13)17-12(23)10-24-15-18-14(20-21-15)11-7-5-4-6-8-11/h4-8H,2-3,9-10H2,1H3,(H,17,22,23)(H,18,20,21). The predicted molar refractivity (Wildman–Crippen MR) is 99.7 cm³/mol. The number of carbonyl (C=O) groups excluding carboxylic acids is 1. The van der Waals surface area contributed by atoms with Gasteiger partial charge in [0.05, 0.1) is 5.75 Å². The second-order valence-corrected chi connectivity index (χ2v) is 7.28. The van der Waals surface area contributed by atoms with Crippen LogP contribution in [0.15, 0.2) is 35.5 Å². The Hall–Kier alpha value is -2.26. The van der Waals surface area contributed by atoms with Crippen molar-refractivity contribution in [2.45, 2.75) is 31.3 Å². The van der Waals surface area contributed by atoms with Crippen LogP contribution in [0.25, 0.3) is 11.4 Å². The van der Waals surface area contributed by atoms with Crippen LogP contribution in [-0.2, 0) is 11.2 Å². The van der Waals surface area contributed by atoms with Crippen molar-refractivity contribution in [3.63, 3.8) is 0 Å². The molecule has 0 aliphatic rings. The highest BCUT2D eigenvalue weighted by Crippen LogP contribution is 2.20. The van der Waals surface area contributed by atoms with Gasteiger partial charge in [0.15, 0.2) is 5.82 Å². The summed E-state index contributed by atoms with van der Waals surface area (Å²) < 4.78 is 0. The third kappa shape index (κ3) is 5.10. The summed E-state index contributed by atoms with van der Waals surface area (Å²) in [7, 11) is 0. The Kier molecular flexibility index (Phi) is 6.13. The van der Waals surface area contributed by atoms with Gasteiger partial charge in [-0.1, -0.05) is 66.8 Å². The number of nitrogens with one attached hydrogen (secondary N) is 2. The molecular weight excluding hydrogens is 356 g/mol. The van der Waals surface area contributed by atoms with Crippen molar-refractivity contribution in [3.8, 4) is 11.4 Å². The van der Waals surface area contributed by atoms with E-state index >= 15 is 0 Å². The van der Waals surface area contributed by atoms with E-state index in [1.165, 1.54) is 23.1 Å². The molecule has 3 rings (SSSR count). The van der Waals surface area contributed by atoms with E-state index in [0.29, 0.717) is 16.1 Å². The Morgan fingerprint density at radius 2 is 2.12 bits per heavy atom. The lowest BCUT2D eigenvalue weighted by atomic mass is 10.2. The fourth-order valence-electron chi connectivity index (χ4n) is 2.05. The Morgan fingerprint density at radius 1 is 1.28 bits per heavy atom. The number of carbonyl (C=O) groups is 1. The largest absolute Gasteiger partial charge is 0.300 e. The summed E-state index contributed by atoms with van der Waals surface area (Å²) in [5.41, 5.74) is 0.958. The first-order chi connectivity index (χ1) is 12.2. The summed E-state index contributed by atoms with van der Waals surface area (Å²) in [5.74, 6) is 0.762. The molecule has 0 saturated carbocycles. The van der Waals surface area contributed by atoms with Gasteiger partial charge in [-0.15, -0.1) is 15.3 Å². The van der Waals surface area contributed by atoms with Gasteiger partial charge in [-0.2, -0.15) is 0 Å². The van der Waals surface area contributed by atoms with Crippen molar-refractivity contribution in [2.24, 2.45) is 0 Å². The van der Waals surface area contributed by atoms with Gasteiger partial charge in [-0.3, -0.25) is 15.2 Å². The average molecular weight is 374 g/mol. The van der Waals surface area contributed by atoms with Crippen LogP contribution in [0.4, 0.5) is 5.13 Å². The molecule has 0 aliphatic carbocycles. The van der Waals surface area contributed by atoms with Crippen molar-refractivity contribution < 1.29 is 4.79 Å². The Morgan fingerprint density at radius 3 is 2.92 bits per heavy atom. The molecule has 1 amide bonds. The van der Waals surface area contributed by atoms with Crippen LogP contribution >= 0.6 is 23.1 Å². The van der Waals surface area contributed by atoms with E-state index in [-0.39, 0.29) is 11.7 Å². The number of anilines is 1. The van der Waals surface area contributed by atoms with Crippen molar-refractivity contribution in [1.82, 2.24) is 25.4 Å². The van der Waals surface area contributed by atoms with Crippen LogP contribution in [0.3, 0.4) is 0 Å². The first-order valence-electron chi connectivity index (χ1n) is 7.97. The third-order valence-electron chi connectivity index (χ3n) is 3.30. The van der Waals surface area contributed by atoms with Crippen molar-refractivity contribution in [1.29, 1.82) is 0 Å². The fourth-order valence-corrected chi connectivity index (χ4v) is 3.45. The minimum absolute atomic E-state index is 0.144. The van der Waals surface area contributed by atoms with E-state index in [4.69, 9.17) is 0 Å². The van der Waals surface area contributed by atoms with Gasteiger partial charge < -0.3 is 0 Å². The third-order valence-corrected chi connectivity index (χ3v) is 5.05. The van der Waals surface area contributed by atoms with Crippen LogP contribution in [0.1, 0.15) is 24.8 Å². The van der Waals surface area contributed by atoms with Crippen LogP contribution in [0.2, 0.25) is 0 Å². The van der Waals surface area contributed by atoms with Crippen molar-refractivity contribution in [3.05, 3.63) is 35.3 Å². The molecule has 7 nitrogen and oxygen atoms in total. The number of hydrogen-bond acceptors (Lipinski definition) is 7. The number of aryl methyl sites for hydroxylation is 1. The number of hydrogen-bond donors (Lipinski definition) is 2. The van der Waals surface area contributed by atoms with Gasteiger partial charge >= 0.3 is 0 Å². The number of aromatic nitrogens is 5. The maximum absolute atomic E-state index is 12.0. The monoisotopic (exact) mass is 374 g/mol. The number of thioether (sulfide) groups is 1. The van der Waals surface area contributed by atoms with E-state index in [2.05, 4.69) is 37.6 Å².